The van der Waals surface area contributed by atoms with Gasteiger partial charge in [-0.1, -0.05) is 84.4 Å². The summed E-state index contributed by atoms with van der Waals surface area (Å²) in [6.45, 7) is 6.69. The highest BCUT2D eigenvalue weighted by Crippen LogP contribution is 2.60. The van der Waals surface area contributed by atoms with E-state index in [-0.39, 0.29) is 36.0 Å². The van der Waals surface area contributed by atoms with Gasteiger partial charge in [0, 0.05) is 34.8 Å². The van der Waals surface area contributed by atoms with E-state index in [9.17, 15) is 14.7 Å². The molecule has 224 valence electrons. The first-order valence-electron chi connectivity index (χ1n) is 14.8. The molecule has 2 aliphatic heterocycles. The third-order valence-electron chi connectivity index (χ3n) is 9.07. The molecule has 1 amide bonds. The Kier molecular flexibility index (Phi) is 8.04. The zero-order valence-corrected chi connectivity index (χ0v) is 26.4. The van der Waals surface area contributed by atoms with Crippen molar-refractivity contribution in [1.29, 1.82) is 0 Å². The summed E-state index contributed by atoms with van der Waals surface area (Å²) in [5.41, 5.74) is 2.76. The zero-order chi connectivity index (χ0) is 30.4. The molecule has 0 aliphatic carbocycles. The van der Waals surface area contributed by atoms with E-state index in [1.54, 1.807) is 15.6 Å². The second-order valence-electron chi connectivity index (χ2n) is 12.2. The smallest absolute Gasteiger partial charge is 0.264 e. The lowest BCUT2D eigenvalue weighted by molar-refractivity contribution is -0.146. The van der Waals surface area contributed by atoms with Gasteiger partial charge in [0.05, 0.1) is 36.6 Å². The van der Waals surface area contributed by atoms with Gasteiger partial charge in [-0.2, -0.15) is 0 Å². The van der Waals surface area contributed by atoms with Gasteiger partial charge in [-0.05, 0) is 48.8 Å². The van der Waals surface area contributed by atoms with Gasteiger partial charge in [-0.3, -0.25) is 9.48 Å². The number of hydrogen-bond acceptors (Lipinski definition) is 6. The number of anilines is 1. The van der Waals surface area contributed by atoms with Gasteiger partial charge in [0.2, 0.25) is 0 Å². The topological polar surface area (TPSA) is 101 Å². The molecule has 10 heteroatoms. The Morgan fingerprint density at radius 1 is 1.07 bits per heavy atom. The summed E-state index contributed by atoms with van der Waals surface area (Å²) in [5, 5.41) is 19.3. The van der Waals surface area contributed by atoms with Crippen LogP contribution < -0.4 is 4.90 Å². The number of amides is 1. The van der Waals surface area contributed by atoms with Crippen molar-refractivity contribution in [3.8, 4) is 0 Å². The number of aromatic nitrogens is 3. The quantitative estimate of drug-likeness (QED) is 0.241. The highest BCUT2D eigenvalue weighted by atomic mass is 35.5. The molecule has 4 aromatic rings. The van der Waals surface area contributed by atoms with E-state index >= 15 is 0 Å². The maximum absolute atomic E-state index is 14.5. The lowest BCUT2D eigenvalue weighted by Gasteiger charge is -2.32. The molecule has 2 N–H and O–H groups in total. The number of halogens is 1. The van der Waals surface area contributed by atoms with Gasteiger partial charge in [-0.15, -0.1) is 5.10 Å². The molecule has 1 fully saturated rings. The highest BCUT2D eigenvalue weighted by molar-refractivity contribution is 6.71. The monoisotopic (exact) mass is 616 g/mol. The van der Waals surface area contributed by atoms with Crippen LogP contribution in [0.25, 0.3) is 0 Å². The summed E-state index contributed by atoms with van der Waals surface area (Å²) in [7, 11) is -2.81. The first-order valence-corrected chi connectivity index (χ1v) is 18.2. The largest absolute Gasteiger partial charge is 0.432 e. The molecular weight excluding hydrogens is 580 g/mol. The molecule has 1 aromatic heterocycles. The molecule has 43 heavy (non-hydrogen) atoms. The van der Waals surface area contributed by atoms with E-state index in [4.69, 9.17) is 16.3 Å². The maximum Gasteiger partial charge on any atom is 0.264 e. The molecule has 3 aromatic carbocycles. The number of hydrogen-bond donors (Lipinski definition) is 2. The predicted molar refractivity (Wildman–Crippen MR) is 168 cm³/mol. The Balaban J connectivity index is 1.30. The molecule has 5 atom stereocenters. The Labute approximate surface area is 258 Å². The fourth-order valence-corrected chi connectivity index (χ4v) is 9.91. The number of fused-ring (bicyclic) bond motifs is 2. The number of aliphatic hydroxyl groups is 1. The molecule has 1 spiro atoms. The van der Waals surface area contributed by atoms with Gasteiger partial charge in [0.15, 0.2) is 13.9 Å². The van der Waals surface area contributed by atoms with Crippen molar-refractivity contribution < 1.29 is 19.4 Å². The second kappa shape index (κ2) is 11.6. The fraction of sp³-hybridized carbons (Fsp3) is 0.364. The third-order valence-corrected chi connectivity index (χ3v) is 11.8. The second-order valence-corrected chi connectivity index (χ2v) is 16.6. The molecular formula is C33H37ClN4O4Si. The fourth-order valence-electron chi connectivity index (χ4n) is 7.14. The number of nitrogens with zero attached hydrogens (tertiary/aromatic N) is 4. The van der Waals surface area contributed by atoms with Crippen LogP contribution in [0.3, 0.4) is 0 Å². The molecule has 1 unspecified atom stereocenters. The number of aliphatic hydroxyl groups excluding tert-OH is 1. The Bertz CT molecular complexity index is 1600. The Morgan fingerprint density at radius 2 is 1.77 bits per heavy atom. The van der Waals surface area contributed by atoms with Crippen molar-refractivity contribution in [2.24, 2.45) is 5.92 Å². The first-order chi connectivity index (χ1) is 20.6. The van der Waals surface area contributed by atoms with Crippen molar-refractivity contribution >= 4 is 31.5 Å². The van der Waals surface area contributed by atoms with Crippen LogP contribution in [0.5, 0.6) is 0 Å². The number of rotatable bonds is 9. The highest BCUT2D eigenvalue weighted by Gasteiger charge is 2.66. The zero-order valence-electron chi connectivity index (χ0n) is 24.6. The van der Waals surface area contributed by atoms with Crippen LogP contribution >= 0.6 is 11.6 Å². The summed E-state index contributed by atoms with van der Waals surface area (Å²) in [6, 6.07) is 25.2. The summed E-state index contributed by atoms with van der Waals surface area (Å²) in [6.07, 6.45) is 2.01. The molecule has 1 saturated heterocycles. The Hall–Kier alpha value is -3.34. The summed E-state index contributed by atoms with van der Waals surface area (Å²) < 4.78 is 8.67. The minimum absolute atomic E-state index is 0.0790. The van der Waals surface area contributed by atoms with Crippen LogP contribution in [-0.2, 0) is 28.2 Å². The molecule has 6 rings (SSSR count). The van der Waals surface area contributed by atoms with Gasteiger partial charge < -0.3 is 19.5 Å². The minimum Gasteiger partial charge on any atom is -0.432 e. The normalized spacial score (nSPS) is 24.1. The number of benzene rings is 3. The first kappa shape index (κ1) is 29.7. The summed E-state index contributed by atoms with van der Waals surface area (Å²) in [5.74, 6) is -0.674. The molecule has 2 aliphatic rings. The van der Waals surface area contributed by atoms with E-state index in [2.05, 4.69) is 10.3 Å². The van der Waals surface area contributed by atoms with Gasteiger partial charge in [0.25, 0.3) is 5.91 Å². The van der Waals surface area contributed by atoms with Crippen LogP contribution in [0.4, 0.5) is 5.69 Å². The van der Waals surface area contributed by atoms with Crippen molar-refractivity contribution in [1.82, 2.24) is 15.0 Å². The number of carbonyl (C=O) groups excluding carboxylic acids is 1. The van der Waals surface area contributed by atoms with Gasteiger partial charge in [-0.25, -0.2) is 0 Å². The van der Waals surface area contributed by atoms with Crippen molar-refractivity contribution in [3.05, 3.63) is 112 Å². The molecule has 0 saturated carbocycles. The number of aryl methyl sites for hydroxylation is 1. The molecule has 0 radical (unpaired) electrons. The van der Waals surface area contributed by atoms with E-state index in [0.29, 0.717) is 30.2 Å². The Morgan fingerprint density at radius 3 is 2.44 bits per heavy atom. The van der Waals surface area contributed by atoms with Gasteiger partial charge >= 0.3 is 0 Å². The molecule has 3 heterocycles. The van der Waals surface area contributed by atoms with Crippen LogP contribution in [0.15, 0.2) is 85.1 Å². The third kappa shape index (κ3) is 5.34. The van der Waals surface area contributed by atoms with E-state index in [1.807, 2.05) is 99.0 Å². The van der Waals surface area contributed by atoms with Crippen LogP contribution in [-0.4, -0.2) is 51.8 Å². The average molecular weight is 617 g/mol. The van der Waals surface area contributed by atoms with E-state index in [0.717, 1.165) is 22.4 Å². The SMILES string of the molecule is C[C@H]1[C@H]([Si](C)(C)O)[C@@H](CCn2cc(C(CO)c3ccccc3)nn2)O[C@]12C(=O)N(Cc1ccccc1)c1ccc(Cl)cc12. The number of carbonyl (C=O) groups is 1. The van der Waals surface area contributed by atoms with Crippen LogP contribution in [0.1, 0.15) is 41.6 Å². The van der Waals surface area contributed by atoms with Crippen LogP contribution in [0, 0.1) is 5.92 Å². The summed E-state index contributed by atoms with van der Waals surface area (Å²) in [4.78, 5) is 27.9. The van der Waals surface area contributed by atoms with Crippen molar-refractivity contribution in [2.75, 3.05) is 11.5 Å². The molecule has 0 bridgehead atoms. The predicted octanol–water partition coefficient (Wildman–Crippen LogP) is 5.49. The summed E-state index contributed by atoms with van der Waals surface area (Å²) >= 11 is 6.51. The van der Waals surface area contributed by atoms with Crippen LogP contribution in [0.2, 0.25) is 23.7 Å². The maximum atomic E-state index is 14.5. The van der Waals surface area contributed by atoms with Gasteiger partial charge in [0.1, 0.15) is 0 Å². The van der Waals surface area contributed by atoms with E-state index in [1.165, 1.54) is 0 Å². The average Bonchev–Trinajstić information content (AvgIpc) is 3.64. The van der Waals surface area contributed by atoms with Crippen molar-refractivity contribution in [2.45, 2.75) is 62.7 Å². The lowest BCUT2D eigenvalue weighted by Crippen LogP contribution is -2.46. The molecule has 8 nitrogen and oxygen atoms in total. The standard InChI is InChI=1S/C33H37ClN4O4Si/c1-22-31(43(2,3)41)30(16-17-37-20-28(35-36-37)26(21-39)24-12-8-5-9-13-24)42-33(22)27-18-25(34)14-15-29(27)38(32(33)40)19-23-10-6-4-7-11-23/h4-15,18,20,22,26,30-31,39,41H,16-17,19,21H2,1-3H3/t22-,26?,30+,31-,33+/m0/s1. The van der Waals surface area contributed by atoms with Crippen molar-refractivity contribution in [3.63, 3.8) is 0 Å². The number of ether oxygens (including phenoxy) is 1. The lowest BCUT2D eigenvalue weighted by atomic mass is 9.82. The van der Waals surface area contributed by atoms with E-state index < -0.39 is 13.9 Å². The minimum atomic E-state index is -2.81.